The van der Waals surface area contributed by atoms with Gasteiger partial charge in [0.2, 0.25) is 0 Å². The van der Waals surface area contributed by atoms with E-state index in [4.69, 9.17) is 4.98 Å². The fraction of sp³-hybridized carbons (Fsp3) is 0.722. The van der Waals surface area contributed by atoms with E-state index in [-0.39, 0.29) is 0 Å². The molecule has 4 atom stereocenters. The average Bonchev–Trinajstić information content (AvgIpc) is 2.43. The Bertz CT molecular complexity index is 416. The zero-order chi connectivity index (χ0) is 14.5. The predicted molar refractivity (Wildman–Crippen MR) is 85.7 cm³/mol. The first-order valence-electron chi connectivity index (χ1n) is 8.28. The lowest BCUT2D eigenvalue weighted by Gasteiger charge is -2.37. The number of pyridine rings is 1. The van der Waals surface area contributed by atoms with Crippen LogP contribution in [-0.4, -0.2) is 11.5 Å². The minimum atomic E-state index is 0.435. The van der Waals surface area contributed by atoms with Crippen LogP contribution in [0.5, 0.6) is 0 Å². The molecule has 1 aromatic heterocycles. The second kappa shape index (κ2) is 7.21. The van der Waals surface area contributed by atoms with Gasteiger partial charge in [-0.3, -0.25) is 4.98 Å². The van der Waals surface area contributed by atoms with Gasteiger partial charge in [0, 0.05) is 5.69 Å². The first-order valence-corrected chi connectivity index (χ1v) is 8.28. The summed E-state index contributed by atoms with van der Waals surface area (Å²) >= 11 is 0. The third-order valence-corrected chi connectivity index (χ3v) is 4.95. The molecular formula is C18H30N2. The molecule has 2 rings (SSSR count). The van der Waals surface area contributed by atoms with Gasteiger partial charge in [-0.2, -0.15) is 0 Å². The van der Waals surface area contributed by atoms with E-state index in [1.54, 1.807) is 0 Å². The fourth-order valence-electron chi connectivity index (χ4n) is 3.44. The van der Waals surface area contributed by atoms with Crippen molar-refractivity contribution < 1.29 is 0 Å². The Morgan fingerprint density at radius 2 is 2.05 bits per heavy atom. The quantitative estimate of drug-likeness (QED) is 0.855. The summed E-state index contributed by atoms with van der Waals surface area (Å²) in [4.78, 5) is 4.78. The smallest absolute Gasteiger partial charge is 0.0579 e. The van der Waals surface area contributed by atoms with Gasteiger partial charge in [-0.05, 0) is 62.6 Å². The zero-order valence-electron chi connectivity index (χ0n) is 13.5. The van der Waals surface area contributed by atoms with E-state index in [0.717, 1.165) is 30.0 Å². The van der Waals surface area contributed by atoms with Gasteiger partial charge in [0.05, 0.1) is 11.7 Å². The van der Waals surface area contributed by atoms with E-state index >= 15 is 0 Å². The lowest BCUT2D eigenvalue weighted by Crippen LogP contribution is -2.34. The Morgan fingerprint density at radius 1 is 1.25 bits per heavy atom. The summed E-state index contributed by atoms with van der Waals surface area (Å²) in [5.41, 5.74) is 2.37. The molecule has 1 N–H and O–H groups in total. The Labute approximate surface area is 124 Å². The molecule has 0 amide bonds. The summed E-state index contributed by atoms with van der Waals surface area (Å²) in [6, 6.07) is 6.87. The van der Waals surface area contributed by atoms with Gasteiger partial charge in [0.1, 0.15) is 0 Å². The standard InChI is InChI=1S/C18H30N2/c1-5-11-19-18(17-8-6-7-15(4)20-17)16-10-9-13(2)14(3)12-16/h6-8,13-14,16,18-19H,5,9-12H2,1-4H3. The minimum Gasteiger partial charge on any atom is -0.308 e. The first-order chi connectivity index (χ1) is 9.61. The van der Waals surface area contributed by atoms with Crippen molar-refractivity contribution in [1.82, 2.24) is 10.3 Å². The number of aryl methyl sites for hydroxylation is 1. The van der Waals surface area contributed by atoms with Crippen molar-refractivity contribution in [3.05, 3.63) is 29.6 Å². The van der Waals surface area contributed by atoms with Crippen LogP contribution in [0.15, 0.2) is 18.2 Å². The zero-order valence-corrected chi connectivity index (χ0v) is 13.5. The number of aromatic nitrogens is 1. The maximum absolute atomic E-state index is 4.78. The van der Waals surface area contributed by atoms with Crippen molar-refractivity contribution in [3.8, 4) is 0 Å². The van der Waals surface area contributed by atoms with Crippen LogP contribution < -0.4 is 5.32 Å². The SMILES string of the molecule is CCCNC(c1cccc(C)n1)C1CCC(C)C(C)C1. The van der Waals surface area contributed by atoms with E-state index in [9.17, 15) is 0 Å². The molecule has 1 aliphatic carbocycles. The third kappa shape index (κ3) is 3.82. The van der Waals surface area contributed by atoms with Crippen molar-refractivity contribution in [2.45, 2.75) is 59.4 Å². The highest BCUT2D eigenvalue weighted by Gasteiger charge is 2.31. The third-order valence-electron chi connectivity index (χ3n) is 4.95. The van der Waals surface area contributed by atoms with Crippen LogP contribution in [0.25, 0.3) is 0 Å². The van der Waals surface area contributed by atoms with E-state index in [2.05, 4.69) is 51.2 Å². The molecule has 2 heteroatoms. The van der Waals surface area contributed by atoms with Crippen LogP contribution in [0, 0.1) is 24.7 Å². The van der Waals surface area contributed by atoms with E-state index in [1.807, 2.05) is 0 Å². The van der Waals surface area contributed by atoms with Crippen molar-refractivity contribution in [3.63, 3.8) is 0 Å². The average molecular weight is 274 g/mol. The first kappa shape index (κ1) is 15.5. The van der Waals surface area contributed by atoms with Crippen LogP contribution in [0.2, 0.25) is 0 Å². The molecule has 0 aliphatic heterocycles. The Morgan fingerprint density at radius 3 is 2.70 bits per heavy atom. The Balaban J connectivity index is 2.15. The van der Waals surface area contributed by atoms with Gasteiger partial charge in [-0.15, -0.1) is 0 Å². The van der Waals surface area contributed by atoms with Gasteiger partial charge in [-0.25, -0.2) is 0 Å². The Kier molecular flexibility index (Phi) is 5.59. The molecule has 1 aliphatic rings. The molecule has 2 nitrogen and oxygen atoms in total. The van der Waals surface area contributed by atoms with Gasteiger partial charge in [-0.1, -0.05) is 33.3 Å². The topological polar surface area (TPSA) is 24.9 Å². The van der Waals surface area contributed by atoms with Gasteiger partial charge < -0.3 is 5.32 Å². The molecule has 0 saturated heterocycles. The van der Waals surface area contributed by atoms with Crippen molar-refractivity contribution in [1.29, 1.82) is 0 Å². The van der Waals surface area contributed by atoms with Gasteiger partial charge in [0.15, 0.2) is 0 Å². The molecule has 112 valence electrons. The van der Waals surface area contributed by atoms with Crippen LogP contribution in [0.4, 0.5) is 0 Å². The number of hydrogen-bond acceptors (Lipinski definition) is 2. The molecule has 1 aromatic rings. The lowest BCUT2D eigenvalue weighted by atomic mass is 9.72. The molecular weight excluding hydrogens is 244 g/mol. The molecule has 1 fully saturated rings. The molecule has 4 unspecified atom stereocenters. The maximum Gasteiger partial charge on any atom is 0.0579 e. The van der Waals surface area contributed by atoms with Crippen LogP contribution in [0.3, 0.4) is 0 Å². The number of hydrogen-bond donors (Lipinski definition) is 1. The summed E-state index contributed by atoms with van der Waals surface area (Å²) in [5, 5.41) is 3.76. The number of nitrogens with zero attached hydrogens (tertiary/aromatic N) is 1. The normalized spacial score (nSPS) is 28.3. The monoisotopic (exact) mass is 274 g/mol. The van der Waals surface area contributed by atoms with Crippen LogP contribution >= 0.6 is 0 Å². The number of nitrogens with one attached hydrogen (secondary N) is 1. The second-order valence-corrected chi connectivity index (χ2v) is 6.66. The molecule has 0 aromatic carbocycles. The molecule has 20 heavy (non-hydrogen) atoms. The molecule has 0 radical (unpaired) electrons. The lowest BCUT2D eigenvalue weighted by molar-refractivity contribution is 0.169. The van der Waals surface area contributed by atoms with Gasteiger partial charge in [0.25, 0.3) is 0 Å². The van der Waals surface area contributed by atoms with Crippen molar-refractivity contribution in [2.75, 3.05) is 6.54 Å². The predicted octanol–water partition coefficient (Wildman–Crippen LogP) is 4.50. The summed E-state index contributed by atoms with van der Waals surface area (Å²) in [6.45, 7) is 10.2. The fourth-order valence-corrected chi connectivity index (χ4v) is 3.44. The highest BCUT2D eigenvalue weighted by atomic mass is 14.9. The van der Waals surface area contributed by atoms with Crippen molar-refractivity contribution in [2.24, 2.45) is 17.8 Å². The van der Waals surface area contributed by atoms with E-state index in [0.29, 0.717) is 6.04 Å². The Hall–Kier alpha value is -0.890. The highest BCUT2D eigenvalue weighted by Crippen LogP contribution is 2.39. The summed E-state index contributed by atoms with van der Waals surface area (Å²) in [7, 11) is 0. The summed E-state index contributed by atoms with van der Waals surface area (Å²) < 4.78 is 0. The molecule has 0 spiro atoms. The largest absolute Gasteiger partial charge is 0.308 e. The molecule has 1 heterocycles. The van der Waals surface area contributed by atoms with Gasteiger partial charge >= 0.3 is 0 Å². The van der Waals surface area contributed by atoms with E-state index in [1.165, 1.54) is 31.4 Å². The maximum atomic E-state index is 4.78. The summed E-state index contributed by atoms with van der Waals surface area (Å²) in [6.07, 6.45) is 5.21. The number of rotatable bonds is 5. The van der Waals surface area contributed by atoms with Crippen LogP contribution in [0.1, 0.15) is 63.9 Å². The minimum absolute atomic E-state index is 0.435. The second-order valence-electron chi connectivity index (χ2n) is 6.66. The molecule has 0 bridgehead atoms. The summed E-state index contributed by atoms with van der Waals surface area (Å²) in [5.74, 6) is 2.45. The van der Waals surface area contributed by atoms with Crippen molar-refractivity contribution >= 4 is 0 Å². The van der Waals surface area contributed by atoms with Crippen LogP contribution in [-0.2, 0) is 0 Å². The molecule has 1 saturated carbocycles. The van der Waals surface area contributed by atoms with E-state index < -0.39 is 0 Å². The highest BCUT2D eigenvalue weighted by molar-refractivity contribution is 5.14.